The molecule has 47 heavy (non-hydrogen) atoms. The van der Waals surface area contributed by atoms with Gasteiger partial charge < -0.3 is 35.4 Å². The van der Waals surface area contributed by atoms with Crippen LogP contribution in [0.3, 0.4) is 0 Å². The summed E-state index contributed by atoms with van der Waals surface area (Å²) in [5.74, 6) is 0.122. The molecule has 16 heteroatoms. The summed E-state index contributed by atoms with van der Waals surface area (Å²) in [6.07, 6.45) is 1.49. The number of alkyl halides is 3. The number of benzene rings is 3. The maximum atomic E-state index is 12.6. The number of anilines is 1. The van der Waals surface area contributed by atoms with E-state index in [1.54, 1.807) is 37.3 Å². The second-order valence-corrected chi connectivity index (χ2v) is 13.7. The Morgan fingerprint density at radius 1 is 0.957 bits per heavy atom. The Morgan fingerprint density at radius 3 is 2.19 bits per heavy atom. The summed E-state index contributed by atoms with van der Waals surface area (Å²) in [5.41, 5.74) is -4.86. The summed E-state index contributed by atoms with van der Waals surface area (Å²) in [6.45, 7) is 9.76. The van der Waals surface area contributed by atoms with Crippen LogP contribution in [0.25, 0.3) is 31.1 Å². The van der Waals surface area contributed by atoms with Gasteiger partial charge in [-0.1, -0.05) is 35.7 Å². The van der Waals surface area contributed by atoms with E-state index in [1.165, 1.54) is 18.5 Å². The molecular formula is C31H29BF3NO8S2Y-2. The van der Waals surface area contributed by atoms with Gasteiger partial charge in [0.2, 0.25) is 0 Å². The maximum Gasteiger partial charge on any atom is 0.534 e. The van der Waals surface area contributed by atoms with Gasteiger partial charge >= 0.3 is 22.7 Å². The number of rotatable bonds is 5. The predicted octanol–water partition coefficient (Wildman–Crippen LogP) is 6.61. The Bertz CT molecular complexity index is 2100. The van der Waals surface area contributed by atoms with E-state index in [0.717, 1.165) is 22.9 Å². The van der Waals surface area contributed by atoms with Crippen LogP contribution in [0, 0.1) is 14.4 Å². The molecule has 1 radical (unpaired) electrons. The molecule has 9 nitrogen and oxygen atoms in total. The Labute approximate surface area is 298 Å². The number of amides is 1. The first-order valence-electron chi connectivity index (χ1n) is 13.4. The number of carbonyl (C=O) groups excluding carboxylic acids is 1. The van der Waals surface area contributed by atoms with Crippen molar-refractivity contribution in [3.63, 3.8) is 0 Å². The van der Waals surface area contributed by atoms with Crippen molar-refractivity contribution in [2.75, 3.05) is 5.32 Å². The Balaban J connectivity index is 0.000000247. The molecule has 0 saturated carbocycles. The van der Waals surface area contributed by atoms with Gasteiger partial charge in [-0.25, -0.2) is 0 Å². The largest absolute Gasteiger partial charge is 0.534 e. The molecule has 3 aromatic carbocycles. The normalized spacial score (nSPS) is 15.4. The quantitative estimate of drug-likeness (QED) is 0.0699. The van der Waals surface area contributed by atoms with Crippen LogP contribution in [0.1, 0.15) is 33.5 Å². The summed E-state index contributed by atoms with van der Waals surface area (Å²) in [5, 5.41) is 3.90. The average molecular weight is 764 g/mol. The van der Waals surface area contributed by atoms with Crippen LogP contribution in [-0.2, 0) is 56.9 Å². The fourth-order valence-corrected chi connectivity index (χ4v) is 6.37. The Morgan fingerprint density at radius 2 is 1.57 bits per heavy atom. The summed E-state index contributed by atoms with van der Waals surface area (Å²) in [4.78, 5) is 22.7. The van der Waals surface area contributed by atoms with Gasteiger partial charge in [0.25, 0.3) is 0 Å². The van der Waals surface area contributed by atoms with Crippen LogP contribution in [0.4, 0.5) is 18.9 Å². The number of aryl methyl sites for hydroxylation is 1. The van der Waals surface area contributed by atoms with Crippen LogP contribution in [0.2, 0.25) is 0 Å². The van der Waals surface area contributed by atoms with Gasteiger partial charge in [-0.3, -0.25) is 4.79 Å². The number of hydrogen-bond donors (Lipinski definition) is 1. The number of nitrogens with one attached hydrogen (secondary N) is 1. The molecule has 0 atom stereocenters. The first kappa shape index (κ1) is 38.6. The van der Waals surface area contributed by atoms with E-state index in [9.17, 15) is 31.2 Å². The molecule has 1 aliphatic heterocycles. The van der Waals surface area contributed by atoms with E-state index in [0.29, 0.717) is 32.2 Å². The first-order valence-corrected chi connectivity index (χ1v) is 15.7. The van der Waals surface area contributed by atoms with Crippen LogP contribution in [-0.4, -0.2) is 38.7 Å². The van der Waals surface area contributed by atoms with Gasteiger partial charge in [-0.2, -0.15) is 21.6 Å². The summed E-state index contributed by atoms with van der Waals surface area (Å²) >= 11 is 1.05. The molecule has 1 amide bonds. The van der Waals surface area contributed by atoms with E-state index >= 15 is 0 Å². The van der Waals surface area contributed by atoms with Crippen LogP contribution in [0.15, 0.2) is 69.9 Å². The average Bonchev–Trinajstić information content (AvgIpc) is 3.43. The third-order valence-electron chi connectivity index (χ3n) is 7.57. The van der Waals surface area contributed by atoms with Crippen molar-refractivity contribution in [1.82, 2.24) is 0 Å². The molecule has 1 saturated heterocycles. The van der Waals surface area contributed by atoms with E-state index < -0.39 is 39.7 Å². The minimum Gasteiger partial charge on any atom is -0.490 e. The monoisotopic (exact) mass is 764 g/mol. The zero-order chi connectivity index (χ0) is 32.9. The standard InChI is InChI=1S/C16H19BO4.C14H7F3NO4S2.CH3.Y/c1-10-9-13(18)11-7-6-8-12(14(11)19-10)17-20-15(2,3)16(4,5)21-17;15-14(16,17)24(20,21)22-10-6-5-9(18-7-19)12-8-3-1-2-4-11(8)23-13(10)12;;/h6-9H,1-5H3;1-6H,(H,18,19);1H3;/q;2*-1;. The third-order valence-corrected chi connectivity index (χ3v) is 9.73. The molecule has 0 spiro atoms. The molecule has 1 N–H and O–H groups in total. The molecule has 1 fully saturated rings. The fourth-order valence-electron chi connectivity index (χ4n) is 4.67. The zero-order valence-electron chi connectivity index (χ0n) is 26.1. The minimum absolute atomic E-state index is 0. The van der Waals surface area contributed by atoms with Crippen LogP contribution >= 0.6 is 11.3 Å². The second kappa shape index (κ2) is 14.0. The number of thiophene rings is 1. The molecule has 247 valence electrons. The Hall–Kier alpha value is -2.81. The summed E-state index contributed by atoms with van der Waals surface area (Å²) in [6, 6.07) is 16.1. The number of hydrogen-bond acceptors (Lipinski definition) is 9. The van der Waals surface area contributed by atoms with E-state index in [4.69, 9.17) is 13.7 Å². The van der Waals surface area contributed by atoms with Gasteiger partial charge in [0, 0.05) is 48.9 Å². The van der Waals surface area contributed by atoms with Crippen molar-refractivity contribution in [3.8, 4) is 5.75 Å². The molecular weight excluding hydrogens is 735 g/mol. The fraction of sp³-hybridized carbons (Fsp3) is 0.258. The predicted molar refractivity (Wildman–Crippen MR) is 174 cm³/mol. The van der Waals surface area contributed by atoms with Gasteiger partial charge in [-0.15, -0.1) is 23.1 Å². The number of para-hydroxylation sites is 1. The topological polar surface area (TPSA) is 121 Å². The summed E-state index contributed by atoms with van der Waals surface area (Å²) in [7, 11) is -6.33. The van der Waals surface area contributed by atoms with Crippen molar-refractivity contribution < 1.29 is 77.0 Å². The van der Waals surface area contributed by atoms with E-state index in [2.05, 4.69) is 9.50 Å². The van der Waals surface area contributed by atoms with Crippen molar-refractivity contribution in [2.45, 2.75) is 51.3 Å². The molecule has 1 aliphatic rings. The van der Waals surface area contributed by atoms with Crippen molar-refractivity contribution in [1.29, 1.82) is 0 Å². The molecule has 0 bridgehead atoms. The van der Waals surface area contributed by atoms with Crippen molar-refractivity contribution >= 4 is 77.3 Å². The molecule has 5 aromatic rings. The van der Waals surface area contributed by atoms with Crippen molar-refractivity contribution in [2.24, 2.45) is 0 Å². The Kier molecular flexibility index (Phi) is 11.5. The van der Waals surface area contributed by atoms with Crippen LogP contribution < -0.4 is 20.4 Å². The van der Waals surface area contributed by atoms with Crippen LogP contribution in [0.5, 0.6) is 5.75 Å². The summed E-state index contributed by atoms with van der Waals surface area (Å²) < 4.78 is 83.2. The maximum absolute atomic E-state index is 12.6. The SMILES string of the molecule is Cc1cc(=O)c2cccc(B3OC(C)(C)C(C)(C)O3)c2o1.O=[C-]Nc1ccc(OS(=O)(=O)C(F)(F)F)c2sc3ccccc3c12.[CH3-].[Y]. The smallest absolute Gasteiger partial charge is 0.490 e. The molecule has 0 aliphatic carbocycles. The molecule has 2 aromatic heterocycles. The number of fused-ring (bicyclic) bond motifs is 4. The number of halogens is 3. The van der Waals surface area contributed by atoms with Crippen molar-refractivity contribution in [3.05, 3.63) is 84.1 Å². The van der Waals surface area contributed by atoms with Gasteiger partial charge in [0.15, 0.2) is 11.2 Å². The van der Waals surface area contributed by atoms with E-state index in [1.807, 2.05) is 39.8 Å². The van der Waals surface area contributed by atoms with Gasteiger partial charge in [-0.05, 0) is 58.2 Å². The second-order valence-electron chi connectivity index (χ2n) is 11.2. The van der Waals surface area contributed by atoms with Gasteiger partial charge in [0.1, 0.15) is 11.3 Å². The third kappa shape index (κ3) is 7.45. The van der Waals surface area contributed by atoms with Gasteiger partial charge in [0.05, 0.1) is 27.7 Å². The molecule has 6 rings (SSSR count). The molecule has 0 unspecified atom stereocenters. The van der Waals surface area contributed by atoms with E-state index in [-0.39, 0.29) is 56.0 Å². The minimum atomic E-state index is -5.80. The zero-order valence-corrected chi connectivity index (χ0v) is 30.6. The molecule has 3 heterocycles. The first-order chi connectivity index (χ1) is 21.0.